The molecule has 6 heteroatoms. The smallest absolute Gasteiger partial charge is 0.149 e. The maximum absolute atomic E-state index is 9.35. The maximum Gasteiger partial charge on any atom is 0.149 e. The molecular formula is C14H10ClN3S2. The molecule has 1 aliphatic rings. The number of imidazole rings is 1. The average Bonchev–Trinajstić information content (AvgIpc) is 3.12. The molecule has 100 valence electrons. The van der Waals surface area contributed by atoms with E-state index in [9.17, 15) is 5.26 Å². The van der Waals surface area contributed by atoms with Gasteiger partial charge in [0.05, 0.1) is 4.24 Å². The van der Waals surface area contributed by atoms with Gasteiger partial charge in [-0.2, -0.15) is 5.26 Å². The summed E-state index contributed by atoms with van der Waals surface area (Å²) in [5.74, 6) is 1.54. The van der Waals surface area contributed by atoms with Crippen LogP contribution in [0, 0.1) is 11.3 Å². The SMILES string of the molecule is N#CC(=C1SCC(c2ccccc2Cl)S1)c1ncc[nH]1. The highest BCUT2D eigenvalue weighted by Crippen LogP contribution is 2.53. The number of hydrogen-bond donors (Lipinski definition) is 1. The second-order valence-electron chi connectivity index (χ2n) is 4.15. The zero-order valence-electron chi connectivity index (χ0n) is 10.3. The third-order valence-corrected chi connectivity index (χ3v) is 6.21. The van der Waals surface area contributed by atoms with Crippen molar-refractivity contribution in [3.8, 4) is 6.07 Å². The minimum Gasteiger partial charge on any atom is -0.344 e. The van der Waals surface area contributed by atoms with Crippen LogP contribution in [0.4, 0.5) is 0 Å². The van der Waals surface area contributed by atoms with Gasteiger partial charge in [-0.15, -0.1) is 23.5 Å². The fraction of sp³-hybridized carbons (Fsp3) is 0.143. The van der Waals surface area contributed by atoms with Crippen LogP contribution in [0.2, 0.25) is 5.02 Å². The Morgan fingerprint density at radius 3 is 3.00 bits per heavy atom. The van der Waals surface area contributed by atoms with E-state index in [0.29, 0.717) is 11.4 Å². The largest absolute Gasteiger partial charge is 0.344 e. The minimum absolute atomic E-state index is 0.280. The number of nitrogens with zero attached hydrogens (tertiary/aromatic N) is 2. The molecule has 3 rings (SSSR count). The van der Waals surface area contributed by atoms with Crippen molar-refractivity contribution in [3.05, 3.63) is 57.3 Å². The van der Waals surface area contributed by atoms with Gasteiger partial charge in [0.25, 0.3) is 0 Å². The summed E-state index contributed by atoms with van der Waals surface area (Å²) < 4.78 is 1.01. The Morgan fingerprint density at radius 2 is 2.30 bits per heavy atom. The van der Waals surface area contributed by atoms with Gasteiger partial charge in [0, 0.05) is 28.4 Å². The molecule has 0 bridgehead atoms. The molecular weight excluding hydrogens is 310 g/mol. The normalized spacial score (nSPS) is 20.7. The monoisotopic (exact) mass is 319 g/mol. The number of benzene rings is 1. The molecule has 0 amide bonds. The standard InChI is InChI=1S/C14H10ClN3S2/c15-11-4-2-1-3-9(11)12-8-19-14(20-12)10(7-16)13-17-5-6-18-13/h1-6,12H,8H2,(H,17,18). The Labute approximate surface area is 130 Å². The second-order valence-corrected chi connectivity index (χ2v) is 7.06. The number of halogens is 1. The van der Waals surface area contributed by atoms with E-state index in [4.69, 9.17) is 11.6 Å². The van der Waals surface area contributed by atoms with Crippen LogP contribution >= 0.6 is 35.1 Å². The van der Waals surface area contributed by atoms with Crippen molar-refractivity contribution in [3.63, 3.8) is 0 Å². The van der Waals surface area contributed by atoms with Gasteiger partial charge in [-0.25, -0.2) is 4.98 Å². The highest BCUT2D eigenvalue weighted by molar-refractivity contribution is 8.25. The minimum atomic E-state index is 0.280. The third-order valence-electron chi connectivity index (χ3n) is 2.92. The van der Waals surface area contributed by atoms with Gasteiger partial charge in [0.1, 0.15) is 17.5 Å². The van der Waals surface area contributed by atoms with Gasteiger partial charge in [0.15, 0.2) is 0 Å². The molecule has 0 radical (unpaired) electrons. The van der Waals surface area contributed by atoms with Gasteiger partial charge >= 0.3 is 0 Å². The lowest BCUT2D eigenvalue weighted by Gasteiger charge is -2.09. The van der Waals surface area contributed by atoms with E-state index in [2.05, 4.69) is 16.0 Å². The first-order chi connectivity index (χ1) is 9.79. The van der Waals surface area contributed by atoms with E-state index in [-0.39, 0.29) is 5.25 Å². The van der Waals surface area contributed by atoms with Crippen molar-refractivity contribution >= 4 is 40.7 Å². The van der Waals surface area contributed by atoms with Gasteiger partial charge in [-0.3, -0.25) is 0 Å². The Kier molecular flexibility index (Phi) is 4.06. The van der Waals surface area contributed by atoms with Gasteiger partial charge in [-0.1, -0.05) is 29.8 Å². The summed E-state index contributed by atoms with van der Waals surface area (Å²) in [6, 6.07) is 10.1. The molecule has 1 fully saturated rings. The highest BCUT2D eigenvalue weighted by atomic mass is 35.5. The number of H-pyrrole nitrogens is 1. The van der Waals surface area contributed by atoms with E-state index in [1.807, 2.05) is 24.3 Å². The Bertz CT molecular complexity index is 689. The molecule has 1 aromatic heterocycles. The number of allylic oxidation sites excluding steroid dienone is 1. The summed E-state index contributed by atoms with van der Waals surface area (Å²) in [6.07, 6.45) is 3.38. The maximum atomic E-state index is 9.35. The molecule has 0 saturated carbocycles. The van der Waals surface area contributed by atoms with Crippen LogP contribution in [0.1, 0.15) is 16.6 Å². The lowest BCUT2D eigenvalue weighted by molar-refractivity contribution is 1.13. The fourth-order valence-electron chi connectivity index (χ4n) is 1.97. The van der Waals surface area contributed by atoms with Crippen molar-refractivity contribution in [1.29, 1.82) is 5.26 Å². The van der Waals surface area contributed by atoms with Crippen molar-refractivity contribution in [2.75, 3.05) is 5.75 Å². The summed E-state index contributed by atoms with van der Waals surface area (Å²) in [6.45, 7) is 0. The number of aromatic amines is 1. The molecule has 1 aromatic carbocycles. The number of nitriles is 1. The predicted molar refractivity (Wildman–Crippen MR) is 85.4 cm³/mol. The lowest BCUT2D eigenvalue weighted by atomic mass is 10.2. The van der Waals surface area contributed by atoms with Crippen molar-refractivity contribution in [2.45, 2.75) is 5.25 Å². The lowest BCUT2D eigenvalue weighted by Crippen LogP contribution is -1.92. The van der Waals surface area contributed by atoms with Crippen LogP contribution in [0.15, 0.2) is 40.9 Å². The van der Waals surface area contributed by atoms with E-state index in [0.717, 1.165) is 20.6 Å². The summed E-state index contributed by atoms with van der Waals surface area (Å²) >= 11 is 9.61. The van der Waals surface area contributed by atoms with Crippen LogP contribution in [-0.4, -0.2) is 15.7 Å². The zero-order chi connectivity index (χ0) is 13.9. The van der Waals surface area contributed by atoms with Crippen LogP contribution < -0.4 is 0 Å². The van der Waals surface area contributed by atoms with Crippen LogP contribution in [0.3, 0.4) is 0 Å². The number of nitrogens with one attached hydrogen (secondary N) is 1. The Morgan fingerprint density at radius 1 is 1.45 bits per heavy atom. The number of hydrogen-bond acceptors (Lipinski definition) is 4. The van der Waals surface area contributed by atoms with E-state index in [1.165, 1.54) is 0 Å². The first kappa shape index (κ1) is 13.6. The quantitative estimate of drug-likeness (QED) is 0.829. The molecule has 1 saturated heterocycles. The number of aromatic nitrogens is 2. The molecule has 0 spiro atoms. The molecule has 2 heterocycles. The summed E-state index contributed by atoms with van der Waals surface area (Å²) in [5.41, 5.74) is 1.73. The zero-order valence-corrected chi connectivity index (χ0v) is 12.7. The van der Waals surface area contributed by atoms with Gasteiger partial charge in [0.2, 0.25) is 0 Å². The van der Waals surface area contributed by atoms with Crippen LogP contribution in [0.5, 0.6) is 0 Å². The molecule has 1 unspecified atom stereocenters. The average molecular weight is 320 g/mol. The van der Waals surface area contributed by atoms with Crippen molar-refractivity contribution < 1.29 is 0 Å². The molecule has 1 N–H and O–H groups in total. The molecule has 1 atom stereocenters. The molecule has 3 nitrogen and oxygen atoms in total. The van der Waals surface area contributed by atoms with Crippen molar-refractivity contribution in [2.24, 2.45) is 0 Å². The first-order valence-electron chi connectivity index (χ1n) is 5.97. The van der Waals surface area contributed by atoms with Gasteiger partial charge < -0.3 is 4.98 Å². The highest BCUT2D eigenvalue weighted by Gasteiger charge is 2.27. The number of thioether (sulfide) groups is 2. The topological polar surface area (TPSA) is 52.5 Å². The fourth-order valence-corrected chi connectivity index (χ4v) is 5.22. The second kappa shape index (κ2) is 5.96. The van der Waals surface area contributed by atoms with Crippen molar-refractivity contribution in [1.82, 2.24) is 9.97 Å². The third kappa shape index (κ3) is 2.59. The van der Waals surface area contributed by atoms with Crippen LogP contribution in [0.25, 0.3) is 5.57 Å². The molecule has 2 aromatic rings. The molecule has 1 aliphatic heterocycles. The van der Waals surface area contributed by atoms with E-state index < -0.39 is 0 Å². The molecule has 0 aliphatic carbocycles. The van der Waals surface area contributed by atoms with E-state index >= 15 is 0 Å². The van der Waals surface area contributed by atoms with E-state index in [1.54, 1.807) is 35.9 Å². The number of rotatable bonds is 2. The predicted octanol–water partition coefficient (Wildman–Crippen LogP) is 4.48. The summed E-state index contributed by atoms with van der Waals surface area (Å²) in [4.78, 5) is 7.15. The summed E-state index contributed by atoms with van der Waals surface area (Å²) in [7, 11) is 0. The Balaban J connectivity index is 1.90. The summed E-state index contributed by atoms with van der Waals surface area (Å²) in [5, 5.41) is 10.4. The van der Waals surface area contributed by atoms with Crippen LogP contribution in [-0.2, 0) is 0 Å². The first-order valence-corrected chi connectivity index (χ1v) is 8.22. The van der Waals surface area contributed by atoms with Gasteiger partial charge in [-0.05, 0) is 11.6 Å². The Hall–Kier alpha value is -1.35. The molecule has 20 heavy (non-hydrogen) atoms.